The summed E-state index contributed by atoms with van der Waals surface area (Å²) in [4.78, 5) is 22.5. The number of hydrogen-bond acceptors (Lipinski definition) is 6. The number of piperidine rings is 1. The summed E-state index contributed by atoms with van der Waals surface area (Å²) in [6.45, 7) is 4.32. The molecule has 32 heavy (non-hydrogen) atoms. The van der Waals surface area contributed by atoms with E-state index in [4.69, 9.17) is 15.8 Å². The molecule has 1 aromatic carbocycles. The van der Waals surface area contributed by atoms with E-state index in [-0.39, 0.29) is 24.6 Å². The van der Waals surface area contributed by atoms with Crippen molar-refractivity contribution in [3.63, 3.8) is 0 Å². The van der Waals surface area contributed by atoms with Gasteiger partial charge < -0.3 is 20.6 Å². The van der Waals surface area contributed by atoms with Gasteiger partial charge in [-0.05, 0) is 44.2 Å². The number of aliphatic hydroxyl groups is 1. The molecule has 0 saturated carbocycles. The van der Waals surface area contributed by atoms with Crippen molar-refractivity contribution in [1.29, 1.82) is 0 Å². The van der Waals surface area contributed by atoms with E-state index in [2.05, 4.69) is 11.8 Å². The minimum Gasteiger partial charge on any atom is -0.392 e. The van der Waals surface area contributed by atoms with E-state index in [1.807, 2.05) is 33.8 Å². The van der Waals surface area contributed by atoms with Crippen molar-refractivity contribution in [2.45, 2.75) is 51.3 Å². The number of fused-ring (bicyclic) bond motifs is 1. The SMILES string of the molecule is Cc1cn2nc(C3CCCCN3C(=O)c3ccccc3CO)cc2nc1N1CCC(N)C1. The van der Waals surface area contributed by atoms with E-state index in [1.54, 1.807) is 12.1 Å². The normalized spacial score (nSPS) is 21.5. The van der Waals surface area contributed by atoms with Crippen LogP contribution in [-0.4, -0.2) is 56.2 Å². The van der Waals surface area contributed by atoms with E-state index < -0.39 is 0 Å². The predicted octanol–water partition coefficient (Wildman–Crippen LogP) is 2.43. The van der Waals surface area contributed by atoms with Gasteiger partial charge in [-0.25, -0.2) is 9.50 Å². The Morgan fingerprint density at radius 3 is 2.84 bits per heavy atom. The van der Waals surface area contributed by atoms with Crippen molar-refractivity contribution in [1.82, 2.24) is 19.5 Å². The van der Waals surface area contributed by atoms with Gasteiger partial charge in [0.05, 0.1) is 18.3 Å². The van der Waals surface area contributed by atoms with Gasteiger partial charge in [-0.3, -0.25) is 4.79 Å². The van der Waals surface area contributed by atoms with Crippen LogP contribution in [0.3, 0.4) is 0 Å². The molecule has 4 heterocycles. The molecule has 0 bridgehead atoms. The van der Waals surface area contributed by atoms with Gasteiger partial charge >= 0.3 is 0 Å². The van der Waals surface area contributed by atoms with Gasteiger partial charge in [0.2, 0.25) is 0 Å². The number of rotatable bonds is 4. The molecule has 5 rings (SSSR count). The molecule has 2 aliphatic heterocycles. The molecule has 168 valence electrons. The van der Waals surface area contributed by atoms with Gasteiger partial charge in [-0.1, -0.05) is 18.2 Å². The van der Waals surface area contributed by atoms with Gasteiger partial charge in [0, 0.05) is 49.1 Å². The fourth-order valence-electron chi connectivity index (χ4n) is 4.99. The first-order valence-corrected chi connectivity index (χ1v) is 11.4. The highest BCUT2D eigenvalue weighted by atomic mass is 16.3. The first-order chi connectivity index (χ1) is 15.5. The lowest BCUT2D eigenvalue weighted by atomic mass is 9.97. The number of carbonyl (C=O) groups excluding carboxylic acids is 1. The number of hydrogen-bond donors (Lipinski definition) is 2. The first-order valence-electron chi connectivity index (χ1n) is 11.4. The number of amides is 1. The Balaban J connectivity index is 1.48. The van der Waals surface area contributed by atoms with Crippen molar-refractivity contribution in [3.8, 4) is 0 Å². The fraction of sp³-hybridized carbons (Fsp3) is 0.458. The lowest BCUT2D eigenvalue weighted by Gasteiger charge is -2.35. The molecule has 2 saturated heterocycles. The molecule has 0 aliphatic carbocycles. The Kier molecular flexibility index (Phi) is 5.57. The van der Waals surface area contributed by atoms with Gasteiger partial charge in [0.1, 0.15) is 5.82 Å². The van der Waals surface area contributed by atoms with Crippen LogP contribution in [0.2, 0.25) is 0 Å². The minimum absolute atomic E-state index is 0.0488. The van der Waals surface area contributed by atoms with Crippen LogP contribution >= 0.6 is 0 Å². The Morgan fingerprint density at radius 2 is 2.06 bits per heavy atom. The summed E-state index contributed by atoms with van der Waals surface area (Å²) in [6.07, 6.45) is 5.87. The third kappa shape index (κ3) is 3.73. The summed E-state index contributed by atoms with van der Waals surface area (Å²) in [5.74, 6) is 0.914. The van der Waals surface area contributed by atoms with Gasteiger partial charge in [-0.2, -0.15) is 5.10 Å². The Bertz CT molecular complexity index is 1140. The van der Waals surface area contributed by atoms with Gasteiger partial charge in [-0.15, -0.1) is 0 Å². The molecule has 3 aromatic rings. The van der Waals surface area contributed by atoms with Crippen LogP contribution in [0, 0.1) is 6.92 Å². The minimum atomic E-state index is -0.152. The molecular formula is C24H30N6O2. The van der Waals surface area contributed by atoms with Gasteiger partial charge in [0.25, 0.3) is 5.91 Å². The maximum Gasteiger partial charge on any atom is 0.254 e. The second kappa shape index (κ2) is 8.52. The molecule has 2 aliphatic rings. The van der Waals surface area contributed by atoms with E-state index in [1.165, 1.54) is 0 Å². The van der Waals surface area contributed by atoms with Crippen LogP contribution in [0.15, 0.2) is 36.5 Å². The zero-order chi connectivity index (χ0) is 22.2. The number of nitrogens with zero attached hydrogens (tertiary/aromatic N) is 5. The molecule has 2 fully saturated rings. The van der Waals surface area contributed by atoms with Crippen molar-refractivity contribution in [3.05, 3.63) is 58.9 Å². The van der Waals surface area contributed by atoms with E-state index in [0.29, 0.717) is 17.7 Å². The third-order valence-electron chi connectivity index (χ3n) is 6.67. The Hall–Kier alpha value is -2.97. The van der Waals surface area contributed by atoms with Crippen LogP contribution < -0.4 is 10.6 Å². The van der Waals surface area contributed by atoms with Crippen molar-refractivity contribution in [2.75, 3.05) is 24.5 Å². The highest BCUT2D eigenvalue weighted by Crippen LogP contribution is 2.33. The summed E-state index contributed by atoms with van der Waals surface area (Å²) in [6, 6.07) is 9.38. The topological polar surface area (TPSA) is 100.0 Å². The van der Waals surface area contributed by atoms with E-state index in [9.17, 15) is 9.90 Å². The van der Waals surface area contributed by atoms with Crippen molar-refractivity contribution >= 4 is 17.4 Å². The predicted molar refractivity (Wildman–Crippen MR) is 123 cm³/mol. The maximum atomic E-state index is 13.4. The second-order valence-corrected chi connectivity index (χ2v) is 8.94. The number of nitrogens with two attached hydrogens (primary N) is 1. The van der Waals surface area contributed by atoms with Crippen LogP contribution in [0.5, 0.6) is 0 Å². The quantitative estimate of drug-likeness (QED) is 0.654. The third-order valence-corrected chi connectivity index (χ3v) is 6.67. The van der Waals surface area contributed by atoms with Crippen LogP contribution in [-0.2, 0) is 6.61 Å². The highest BCUT2D eigenvalue weighted by Gasteiger charge is 2.32. The van der Waals surface area contributed by atoms with Crippen LogP contribution in [0.4, 0.5) is 5.82 Å². The zero-order valence-corrected chi connectivity index (χ0v) is 18.4. The molecule has 8 heteroatoms. The molecule has 8 nitrogen and oxygen atoms in total. The lowest BCUT2D eigenvalue weighted by Crippen LogP contribution is -2.39. The van der Waals surface area contributed by atoms with Crippen LogP contribution in [0.25, 0.3) is 5.65 Å². The van der Waals surface area contributed by atoms with Crippen molar-refractivity contribution in [2.24, 2.45) is 5.73 Å². The number of anilines is 1. The fourth-order valence-corrected chi connectivity index (χ4v) is 4.99. The molecule has 3 N–H and O–H groups in total. The number of aryl methyl sites for hydroxylation is 1. The molecule has 0 spiro atoms. The molecule has 2 unspecified atom stereocenters. The maximum absolute atomic E-state index is 13.4. The van der Waals surface area contributed by atoms with E-state index >= 15 is 0 Å². The summed E-state index contributed by atoms with van der Waals surface area (Å²) in [5.41, 5.74) is 10.0. The average molecular weight is 435 g/mol. The molecular weight excluding hydrogens is 404 g/mol. The zero-order valence-electron chi connectivity index (χ0n) is 18.4. The molecule has 0 radical (unpaired) electrons. The van der Waals surface area contributed by atoms with E-state index in [0.717, 1.165) is 61.5 Å². The van der Waals surface area contributed by atoms with Gasteiger partial charge in [0.15, 0.2) is 5.65 Å². The number of aliphatic hydroxyl groups excluding tert-OH is 1. The smallest absolute Gasteiger partial charge is 0.254 e. The Morgan fingerprint density at radius 1 is 1.22 bits per heavy atom. The number of likely N-dealkylation sites (tertiary alicyclic amines) is 1. The number of carbonyl (C=O) groups is 1. The summed E-state index contributed by atoms with van der Waals surface area (Å²) >= 11 is 0. The summed E-state index contributed by atoms with van der Waals surface area (Å²) in [5, 5.41) is 14.5. The number of benzene rings is 1. The lowest BCUT2D eigenvalue weighted by molar-refractivity contribution is 0.0602. The largest absolute Gasteiger partial charge is 0.392 e. The molecule has 2 atom stereocenters. The van der Waals surface area contributed by atoms with Crippen LogP contribution in [0.1, 0.15) is 58.9 Å². The summed E-state index contributed by atoms with van der Waals surface area (Å²) in [7, 11) is 0. The molecule has 2 aromatic heterocycles. The number of aromatic nitrogens is 3. The Labute approximate surface area is 187 Å². The van der Waals surface area contributed by atoms with Crippen molar-refractivity contribution < 1.29 is 9.90 Å². The standard InChI is InChI=1S/C24H30N6O2/c1-16-13-30-22(26-23(16)28-11-9-18(25)14-28)12-20(27-30)21-8-4-5-10-29(21)24(32)19-7-3-2-6-17(19)15-31/h2-3,6-7,12-13,18,21,31H,4-5,8-11,14-15,25H2,1H3. The summed E-state index contributed by atoms with van der Waals surface area (Å²) < 4.78 is 1.82. The average Bonchev–Trinajstić information content (AvgIpc) is 3.43. The first kappa shape index (κ1) is 20.9. The second-order valence-electron chi connectivity index (χ2n) is 8.94. The highest BCUT2D eigenvalue weighted by molar-refractivity contribution is 5.96. The monoisotopic (exact) mass is 434 g/mol. The molecule has 1 amide bonds.